The zero-order valence-corrected chi connectivity index (χ0v) is 12.0. The number of hydrogen-bond acceptors (Lipinski definition) is 2. The molecule has 0 spiro atoms. The van der Waals surface area contributed by atoms with Crippen molar-refractivity contribution >= 4 is 34.8 Å². The third-order valence-corrected chi connectivity index (χ3v) is 3.26. The van der Waals surface area contributed by atoms with Crippen LogP contribution in [0.15, 0.2) is 24.3 Å². The molecule has 0 atom stereocenters. The molecule has 0 saturated heterocycles. The van der Waals surface area contributed by atoms with E-state index in [1.807, 2.05) is 0 Å². The summed E-state index contributed by atoms with van der Waals surface area (Å²) < 4.78 is 0. The van der Waals surface area contributed by atoms with Crippen LogP contribution in [0.2, 0.25) is 15.2 Å². The number of halogens is 3. The van der Waals surface area contributed by atoms with Crippen LogP contribution in [0.4, 0.5) is 0 Å². The third kappa shape index (κ3) is 2.94. The quantitative estimate of drug-likeness (QED) is 0.741. The van der Waals surface area contributed by atoms with Crippen LogP contribution in [0.5, 0.6) is 0 Å². The first-order chi connectivity index (χ1) is 8.61. The number of nitrogens with zero attached hydrogens (tertiary/aromatic N) is 2. The van der Waals surface area contributed by atoms with E-state index in [2.05, 4.69) is 16.9 Å². The van der Waals surface area contributed by atoms with Gasteiger partial charge in [0.05, 0.1) is 15.6 Å². The van der Waals surface area contributed by atoms with Gasteiger partial charge in [0.15, 0.2) is 5.82 Å². The number of benzene rings is 1. The molecular formula is C13H11Cl3N2. The van der Waals surface area contributed by atoms with Gasteiger partial charge in [0.25, 0.3) is 0 Å². The minimum atomic E-state index is 0.402. The molecule has 0 aliphatic carbocycles. The summed E-state index contributed by atoms with van der Waals surface area (Å²) >= 11 is 18.3. The van der Waals surface area contributed by atoms with E-state index in [-0.39, 0.29) is 0 Å². The molecule has 1 aromatic carbocycles. The van der Waals surface area contributed by atoms with Gasteiger partial charge in [-0.2, -0.15) is 0 Å². The summed E-state index contributed by atoms with van der Waals surface area (Å²) in [6.45, 7) is 2.08. The maximum Gasteiger partial charge on any atom is 0.164 e. The van der Waals surface area contributed by atoms with E-state index < -0.39 is 0 Å². The topological polar surface area (TPSA) is 25.8 Å². The highest BCUT2D eigenvalue weighted by Crippen LogP contribution is 2.33. The van der Waals surface area contributed by atoms with Crippen molar-refractivity contribution in [3.8, 4) is 11.4 Å². The fraction of sp³-hybridized carbons (Fsp3) is 0.231. The lowest BCUT2D eigenvalue weighted by Gasteiger charge is -2.07. The molecule has 1 aromatic heterocycles. The molecule has 2 nitrogen and oxygen atoms in total. The smallest absolute Gasteiger partial charge is 0.164 e. The average molecular weight is 302 g/mol. The molecule has 5 heteroatoms. The normalized spacial score (nSPS) is 10.7. The Hall–Kier alpha value is -0.830. The minimum Gasteiger partial charge on any atom is -0.233 e. The standard InChI is InChI=1S/C13H11Cl3N2/c1-2-4-8-7-11(16)18-13(17-8)12-9(14)5-3-6-10(12)15/h3,5-7H,2,4H2,1H3. The summed E-state index contributed by atoms with van der Waals surface area (Å²) in [5.41, 5.74) is 1.52. The maximum atomic E-state index is 6.14. The fourth-order valence-corrected chi connectivity index (χ4v) is 2.44. The maximum absolute atomic E-state index is 6.14. The molecule has 0 aliphatic heterocycles. The first-order valence-electron chi connectivity index (χ1n) is 5.59. The van der Waals surface area contributed by atoms with Crippen LogP contribution in [0.1, 0.15) is 19.0 Å². The van der Waals surface area contributed by atoms with Gasteiger partial charge in [-0.05, 0) is 24.6 Å². The Balaban J connectivity index is 2.56. The number of aryl methyl sites for hydroxylation is 1. The molecule has 0 aliphatic rings. The van der Waals surface area contributed by atoms with Gasteiger partial charge in [-0.15, -0.1) is 0 Å². The summed E-state index contributed by atoms with van der Waals surface area (Å²) in [5, 5.41) is 1.44. The monoisotopic (exact) mass is 300 g/mol. The number of rotatable bonds is 3. The van der Waals surface area contributed by atoms with Crippen molar-refractivity contribution < 1.29 is 0 Å². The molecule has 0 radical (unpaired) electrons. The van der Waals surface area contributed by atoms with Gasteiger partial charge in [0, 0.05) is 5.69 Å². The van der Waals surface area contributed by atoms with Gasteiger partial charge in [-0.25, -0.2) is 9.97 Å². The summed E-state index contributed by atoms with van der Waals surface area (Å²) in [7, 11) is 0. The van der Waals surface area contributed by atoms with Crippen molar-refractivity contribution in [3.63, 3.8) is 0 Å². The van der Waals surface area contributed by atoms with E-state index in [4.69, 9.17) is 34.8 Å². The van der Waals surface area contributed by atoms with Gasteiger partial charge in [-0.3, -0.25) is 0 Å². The Kier molecular flexibility index (Phi) is 4.44. The predicted molar refractivity (Wildman–Crippen MR) is 76.5 cm³/mol. The Morgan fingerprint density at radius 1 is 1.06 bits per heavy atom. The van der Waals surface area contributed by atoms with Crippen molar-refractivity contribution in [1.82, 2.24) is 9.97 Å². The Morgan fingerprint density at radius 3 is 2.33 bits per heavy atom. The van der Waals surface area contributed by atoms with E-state index >= 15 is 0 Å². The van der Waals surface area contributed by atoms with Crippen LogP contribution in [-0.2, 0) is 6.42 Å². The zero-order valence-electron chi connectivity index (χ0n) is 9.75. The second-order valence-electron chi connectivity index (χ2n) is 3.85. The number of aromatic nitrogens is 2. The molecule has 0 saturated carbocycles. The summed E-state index contributed by atoms with van der Waals surface area (Å²) in [4.78, 5) is 8.64. The Labute approximate surface area is 121 Å². The van der Waals surface area contributed by atoms with Gasteiger partial charge < -0.3 is 0 Å². The van der Waals surface area contributed by atoms with Crippen LogP contribution in [0.3, 0.4) is 0 Å². The van der Waals surface area contributed by atoms with Gasteiger partial charge in [0.2, 0.25) is 0 Å². The molecular weight excluding hydrogens is 291 g/mol. The zero-order chi connectivity index (χ0) is 13.1. The lowest BCUT2D eigenvalue weighted by atomic mass is 10.2. The van der Waals surface area contributed by atoms with Gasteiger partial charge >= 0.3 is 0 Å². The largest absolute Gasteiger partial charge is 0.233 e. The number of hydrogen-bond donors (Lipinski definition) is 0. The van der Waals surface area contributed by atoms with Crippen molar-refractivity contribution in [2.75, 3.05) is 0 Å². The summed E-state index contributed by atoms with van der Waals surface area (Å²) in [6.07, 6.45) is 1.83. The highest BCUT2D eigenvalue weighted by Gasteiger charge is 2.12. The third-order valence-electron chi connectivity index (χ3n) is 2.44. The van der Waals surface area contributed by atoms with Crippen LogP contribution < -0.4 is 0 Å². The van der Waals surface area contributed by atoms with Crippen molar-refractivity contribution in [3.05, 3.63) is 45.2 Å². The fourth-order valence-electron chi connectivity index (χ4n) is 1.67. The lowest BCUT2D eigenvalue weighted by molar-refractivity contribution is 0.875. The molecule has 0 amide bonds. The molecule has 2 aromatic rings. The molecule has 94 valence electrons. The van der Waals surface area contributed by atoms with E-state index in [1.165, 1.54) is 0 Å². The van der Waals surface area contributed by atoms with E-state index in [9.17, 15) is 0 Å². The van der Waals surface area contributed by atoms with Crippen LogP contribution in [-0.4, -0.2) is 9.97 Å². The van der Waals surface area contributed by atoms with Crippen molar-refractivity contribution in [1.29, 1.82) is 0 Å². The Morgan fingerprint density at radius 2 is 1.72 bits per heavy atom. The first kappa shape index (κ1) is 13.6. The van der Waals surface area contributed by atoms with Crippen LogP contribution in [0, 0.1) is 0 Å². The van der Waals surface area contributed by atoms with Crippen LogP contribution >= 0.6 is 34.8 Å². The SMILES string of the molecule is CCCc1cc(Cl)nc(-c2c(Cl)cccc2Cl)n1. The molecule has 0 unspecified atom stereocenters. The molecule has 2 rings (SSSR count). The van der Waals surface area contributed by atoms with Crippen molar-refractivity contribution in [2.45, 2.75) is 19.8 Å². The second-order valence-corrected chi connectivity index (χ2v) is 5.05. The van der Waals surface area contributed by atoms with E-state index in [0.717, 1.165) is 18.5 Å². The minimum absolute atomic E-state index is 0.402. The van der Waals surface area contributed by atoms with Crippen LogP contribution in [0.25, 0.3) is 11.4 Å². The molecule has 0 fully saturated rings. The molecule has 1 heterocycles. The molecule has 18 heavy (non-hydrogen) atoms. The average Bonchev–Trinajstić information content (AvgIpc) is 2.28. The second kappa shape index (κ2) is 5.87. The van der Waals surface area contributed by atoms with Gasteiger partial charge in [-0.1, -0.05) is 54.2 Å². The highest BCUT2D eigenvalue weighted by atomic mass is 35.5. The first-order valence-corrected chi connectivity index (χ1v) is 6.73. The molecule has 0 bridgehead atoms. The summed E-state index contributed by atoms with van der Waals surface area (Å²) in [5.74, 6) is 0.474. The van der Waals surface area contributed by atoms with E-state index in [0.29, 0.717) is 26.6 Å². The summed E-state index contributed by atoms with van der Waals surface area (Å²) in [6, 6.07) is 7.06. The highest BCUT2D eigenvalue weighted by molar-refractivity contribution is 6.39. The predicted octanol–water partition coefficient (Wildman–Crippen LogP) is 5.06. The van der Waals surface area contributed by atoms with Gasteiger partial charge in [0.1, 0.15) is 5.15 Å². The molecule has 0 N–H and O–H groups in total. The lowest BCUT2D eigenvalue weighted by Crippen LogP contribution is -1.97. The van der Waals surface area contributed by atoms with E-state index in [1.54, 1.807) is 24.3 Å². The van der Waals surface area contributed by atoms with Crippen molar-refractivity contribution in [2.24, 2.45) is 0 Å². The Bertz CT molecular complexity index is 550.